The summed E-state index contributed by atoms with van der Waals surface area (Å²) < 4.78 is 41.3. The van der Waals surface area contributed by atoms with E-state index >= 15 is 0 Å². The lowest BCUT2D eigenvalue weighted by Crippen LogP contribution is -2.23. The molecule has 0 bridgehead atoms. The molecule has 0 aliphatic carbocycles. The lowest BCUT2D eigenvalue weighted by molar-refractivity contribution is -0.147. The maximum atomic E-state index is 13.2. The predicted molar refractivity (Wildman–Crippen MR) is 87.5 cm³/mol. The van der Waals surface area contributed by atoms with Crippen LogP contribution in [0.3, 0.4) is 0 Å². The van der Waals surface area contributed by atoms with Gasteiger partial charge in [-0.2, -0.15) is 13.2 Å². The van der Waals surface area contributed by atoms with Crippen molar-refractivity contribution >= 4 is 38.6 Å². The van der Waals surface area contributed by atoms with E-state index in [0.29, 0.717) is 5.69 Å². The zero-order valence-corrected chi connectivity index (χ0v) is 13.7. The number of halogens is 4. The molecule has 3 rings (SSSR count). The van der Waals surface area contributed by atoms with Gasteiger partial charge in [-0.05, 0) is 36.4 Å². The number of aromatic nitrogens is 2. The van der Waals surface area contributed by atoms with Crippen LogP contribution in [0.4, 0.5) is 18.9 Å². The summed E-state index contributed by atoms with van der Waals surface area (Å²) in [6.45, 7) is -0.481. The first-order valence-corrected chi connectivity index (χ1v) is 7.72. The lowest BCUT2D eigenvalue weighted by Gasteiger charge is -2.11. The highest BCUT2D eigenvalue weighted by molar-refractivity contribution is 9.10. The molecule has 0 radical (unpaired) electrons. The second-order valence-corrected chi connectivity index (χ2v) is 5.98. The number of imidazole rings is 1. The second-order valence-electron chi connectivity index (χ2n) is 5.06. The minimum absolute atomic E-state index is 0.196. The molecule has 1 heterocycles. The van der Waals surface area contributed by atoms with Gasteiger partial charge in [0.25, 0.3) is 0 Å². The van der Waals surface area contributed by atoms with Crippen LogP contribution in [0.5, 0.6) is 0 Å². The molecule has 124 valence electrons. The third kappa shape index (κ3) is 3.43. The van der Waals surface area contributed by atoms with Gasteiger partial charge in [-0.3, -0.25) is 4.79 Å². The van der Waals surface area contributed by atoms with E-state index in [2.05, 4.69) is 26.2 Å². The van der Waals surface area contributed by atoms with Crippen LogP contribution >= 0.6 is 15.9 Å². The van der Waals surface area contributed by atoms with Gasteiger partial charge >= 0.3 is 6.18 Å². The number of carbonyl (C=O) groups is 1. The number of anilines is 1. The van der Waals surface area contributed by atoms with Crippen LogP contribution in [0.15, 0.2) is 53.0 Å². The van der Waals surface area contributed by atoms with Crippen LogP contribution in [0, 0.1) is 0 Å². The monoisotopic (exact) mass is 397 g/mol. The van der Waals surface area contributed by atoms with Gasteiger partial charge in [0, 0.05) is 10.2 Å². The zero-order chi connectivity index (χ0) is 17.3. The Morgan fingerprint density at radius 2 is 1.79 bits per heavy atom. The first kappa shape index (κ1) is 16.5. The van der Waals surface area contributed by atoms with E-state index < -0.39 is 24.5 Å². The van der Waals surface area contributed by atoms with E-state index in [1.54, 1.807) is 36.4 Å². The van der Waals surface area contributed by atoms with Crippen molar-refractivity contribution in [2.45, 2.75) is 12.7 Å². The van der Waals surface area contributed by atoms with E-state index in [9.17, 15) is 18.0 Å². The summed E-state index contributed by atoms with van der Waals surface area (Å²) in [5.41, 5.74) is 0.957. The fourth-order valence-electron chi connectivity index (χ4n) is 2.33. The van der Waals surface area contributed by atoms with Crippen LogP contribution < -0.4 is 5.32 Å². The summed E-state index contributed by atoms with van der Waals surface area (Å²) in [6, 6.07) is 12.9. The van der Waals surface area contributed by atoms with Gasteiger partial charge in [0.05, 0.1) is 11.0 Å². The fourth-order valence-corrected chi connectivity index (χ4v) is 2.59. The summed E-state index contributed by atoms with van der Waals surface area (Å²) in [5, 5.41) is 2.58. The molecule has 2 aromatic carbocycles. The van der Waals surface area contributed by atoms with Crippen molar-refractivity contribution in [2.24, 2.45) is 0 Å². The molecule has 0 atom stereocenters. The number of benzene rings is 2. The van der Waals surface area contributed by atoms with E-state index in [-0.39, 0.29) is 11.0 Å². The summed E-state index contributed by atoms with van der Waals surface area (Å²) in [5.74, 6) is -1.65. The van der Waals surface area contributed by atoms with Gasteiger partial charge in [-0.25, -0.2) is 4.98 Å². The zero-order valence-electron chi connectivity index (χ0n) is 12.1. The number of para-hydroxylation sites is 2. The molecule has 3 aromatic rings. The Bertz CT molecular complexity index is 888. The number of hydrogen-bond donors (Lipinski definition) is 1. The van der Waals surface area contributed by atoms with Crippen LogP contribution in [0.1, 0.15) is 5.82 Å². The largest absolute Gasteiger partial charge is 0.449 e. The Labute approximate surface area is 143 Å². The Balaban J connectivity index is 1.91. The van der Waals surface area contributed by atoms with Crippen molar-refractivity contribution in [1.29, 1.82) is 0 Å². The molecule has 0 fully saturated rings. The molecule has 0 saturated carbocycles. The van der Waals surface area contributed by atoms with Crippen molar-refractivity contribution in [3.63, 3.8) is 0 Å². The third-order valence-electron chi connectivity index (χ3n) is 3.34. The SMILES string of the molecule is O=C(Cn1c(C(F)(F)F)nc2ccccc21)Nc1ccc(Br)cc1. The van der Waals surface area contributed by atoms with Crippen LogP contribution in [-0.4, -0.2) is 15.5 Å². The number of nitrogens with one attached hydrogen (secondary N) is 1. The molecule has 0 spiro atoms. The van der Waals surface area contributed by atoms with Crippen molar-refractivity contribution < 1.29 is 18.0 Å². The summed E-state index contributed by atoms with van der Waals surface area (Å²) in [6.07, 6.45) is -4.64. The molecule has 8 heteroatoms. The molecular formula is C16H11BrF3N3O. The van der Waals surface area contributed by atoms with Gasteiger partial charge in [-0.15, -0.1) is 0 Å². The highest BCUT2D eigenvalue weighted by Crippen LogP contribution is 2.31. The average Bonchev–Trinajstić information content (AvgIpc) is 2.89. The summed E-state index contributed by atoms with van der Waals surface area (Å²) in [7, 11) is 0. The highest BCUT2D eigenvalue weighted by atomic mass is 79.9. The first-order valence-electron chi connectivity index (χ1n) is 6.92. The summed E-state index contributed by atoms with van der Waals surface area (Å²) in [4.78, 5) is 15.8. The van der Waals surface area contributed by atoms with Crippen molar-refractivity contribution in [3.8, 4) is 0 Å². The molecule has 4 nitrogen and oxygen atoms in total. The smallest absolute Gasteiger partial charge is 0.325 e. The van der Waals surface area contributed by atoms with Crippen LogP contribution in [0.2, 0.25) is 0 Å². The normalized spacial score (nSPS) is 11.7. The van der Waals surface area contributed by atoms with E-state index in [1.165, 1.54) is 12.1 Å². The third-order valence-corrected chi connectivity index (χ3v) is 3.87. The quantitative estimate of drug-likeness (QED) is 0.709. The topological polar surface area (TPSA) is 46.9 Å². The molecule has 0 aliphatic rings. The number of hydrogen-bond acceptors (Lipinski definition) is 2. The first-order chi connectivity index (χ1) is 11.3. The standard InChI is InChI=1S/C16H11BrF3N3O/c17-10-5-7-11(8-6-10)21-14(24)9-23-13-4-2-1-3-12(13)22-15(23)16(18,19)20/h1-8H,9H2,(H,21,24). The molecule has 0 aliphatic heterocycles. The van der Waals surface area contributed by atoms with Gasteiger partial charge in [0.15, 0.2) is 0 Å². The minimum atomic E-state index is -4.64. The van der Waals surface area contributed by atoms with Crippen molar-refractivity contribution in [2.75, 3.05) is 5.32 Å². The molecule has 1 N–H and O–H groups in total. The highest BCUT2D eigenvalue weighted by Gasteiger charge is 2.37. The Morgan fingerprint density at radius 1 is 1.12 bits per heavy atom. The average molecular weight is 398 g/mol. The van der Waals surface area contributed by atoms with E-state index in [0.717, 1.165) is 9.04 Å². The van der Waals surface area contributed by atoms with Gasteiger partial charge in [0.1, 0.15) is 6.54 Å². The van der Waals surface area contributed by atoms with Crippen molar-refractivity contribution in [1.82, 2.24) is 9.55 Å². The molecule has 1 aromatic heterocycles. The molecular weight excluding hydrogens is 387 g/mol. The molecule has 24 heavy (non-hydrogen) atoms. The van der Waals surface area contributed by atoms with E-state index in [1.807, 2.05) is 0 Å². The Kier molecular flexibility index (Phi) is 4.31. The number of nitrogens with zero attached hydrogens (tertiary/aromatic N) is 2. The van der Waals surface area contributed by atoms with Gasteiger partial charge in [-0.1, -0.05) is 28.1 Å². The summed E-state index contributed by atoms with van der Waals surface area (Å²) >= 11 is 3.27. The maximum absolute atomic E-state index is 13.2. The molecule has 0 saturated heterocycles. The fraction of sp³-hybridized carbons (Fsp3) is 0.125. The maximum Gasteiger partial charge on any atom is 0.449 e. The van der Waals surface area contributed by atoms with Crippen LogP contribution in [-0.2, 0) is 17.5 Å². The number of rotatable bonds is 3. The number of fused-ring (bicyclic) bond motifs is 1. The lowest BCUT2D eigenvalue weighted by atomic mass is 10.3. The Morgan fingerprint density at radius 3 is 2.46 bits per heavy atom. The predicted octanol–water partition coefficient (Wildman–Crippen LogP) is 4.46. The molecule has 0 unspecified atom stereocenters. The molecule has 1 amide bonds. The van der Waals surface area contributed by atoms with Gasteiger partial charge < -0.3 is 9.88 Å². The van der Waals surface area contributed by atoms with Gasteiger partial charge in [0.2, 0.25) is 11.7 Å². The number of amides is 1. The van der Waals surface area contributed by atoms with Crippen LogP contribution in [0.25, 0.3) is 11.0 Å². The van der Waals surface area contributed by atoms with Crippen molar-refractivity contribution in [3.05, 3.63) is 58.8 Å². The Hall–Kier alpha value is -2.35. The minimum Gasteiger partial charge on any atom is -0.325 e. The number of alkyl halides is 3. The number of carbonyl (C=O) groups excluding carboxylic acids is 1. The van der Waals surface area contributed by atoms with E-state index in [4.69, 9.17) is 0 Å². The second kappa shape index (κ2) is 6.27.